The predicted octanol–water partition coefficient (Wildman–Crippen LogP) is 6.38. The topological polar surface area (TPSA) is 72.0 Å². The van der Waals surface area contributed by atoms with Crippen LogP contribution in [0.2, 0.25) is 0 Å². The van der Waals surface area contributed by atoms with E-state index in [1.165, 1.54) is 23.6 Å². The van der Waals surface area contributed by atoms with Crippen LogP contribution >= 0.6 is 23.1 Å². The van der Waals surface area contributed by atoms with Crippen molar-refractivity contribution in [3.63, 3.8) is 0 Å². The highest BCUT2D eigenvalue weighted by Gasteiger charge is 2.23. The summed E-state index contributed by atoms with van der Waals surface area (Å²) in [5, 5.41) is 4.47. The molecule has 0 radical (unpaired) electrons. The van der Waals surface area contributed by atoms with E-state index >= 15 is 0 Å². The highest BCUT2D eigenvalue weighted by molar-refractivity contribution is 8.00. The smallest absolute Gasteiger partial charge is 0.237 e. The summed E-state index contributed by atoms with van der Waals surface area (Å²) in [5.41, 5.74) is 3.54. The summed E-state index contributed by atoms with van der Waals surface area (Å²) < 4.78 is 0. The number of thiophene rings is 1. The molecule has 5 nitrogen and oxygen atoms in total. The van der Waals surface area contributed by atoms with Crippen LogP contribution in [0.1, 0.15) is 35.5 Å². The number of benzene rings is 2. The number of rotatable bonds is 7. The van der Waals surface area contributed by atoms with Crippen LogP contribution in [0, 0.1) is 6.92 Å². The Hall–Kier alpha value is -3.03. The van der Waals surface area contributed by atoms with Crippen LogP contribution in [-0.4, -0.2) is 26.9 Å². The molecular weight excluding hydrogens is 438 g/mol. The summed E-state index contributed by atoms with van der Waals surface area (Å²) in [5.74, 6) is -0.0917. The third-order valence-corrected chi connectivity index (χ3v) is 7.55. The number of ketones is 1. The monoisotopic (exact) mass is 461 g/mol. The number of carbonyl (C=O) groups excluding carboxylic acids is 2. The van der Waals surface area contributed by atoms with Crippen LogP contribution in [0.25, 0.3) is 21.3 Å². The molecule has 2 heterocycles. The van der Waals surface area contributed by atoms with Gasteiger partial charge in [-0.25, -0.2) is 9.97 Å². The van der Waals surface area contributed by atoms with Gasteiger partial charge in [-0.15, -0.1) is 11.3 Å². The lowest BCUT2D eigenvalue weighted by Gasteiger charge is -2.15. The van der Waals surface area contributed by atoms with Crippen molar-refractivity contribution in [1.82, 2.24) is 9.97 Å². The first-order chi connectivity index (χ1) is 15.5. The van der Waals surface area contributed by atoms with Gasteiger partial charge in [-0.3, -0.25) is 9.59 Å². The number of aromatic nitrogens is 2. The van der Waals surface area contributed by atoms with Gasteiger partial charge >= 0.3 is 0 Å². The second-order valence-corrected chi connectivity index (χ2v) is 9.79. The average molecular weight is 462 g/mol. The van der Waals surface area contributed by atoms with Crippen molar-refractivity contribution >= 4 is 50.7 Å². The van der Waals surface area contributed by atoms with Crippen molar-refractivity contribution in [1.29, 1.82) is 0 Å². The molecule has 0 aliphatic heterocycles. The third-order valence-electron chi connectivity index (χ3n) is 5.17. The standard InChI is InChI=1S/C25H23N3O2S2/c1-4-20(23(30)28-19-12-10-17(11-13-19)15(2)29)32-25-22-21(18-8-6-5-7-9-18)16(3)31-24(22)26-14-27-25/h5-14,20H,4H2,1-3H3,(H,28,30). The van der Waals surface area contributed by atoms with E-state index in [1.54, 1.807) is 41.9 Å². The van der Waals surface area contributed by atoms with Crippen molar-refractivity contribution in [2.24, 2.45) is 0 Å². The lowest BCUT2D eigenvalue weighted by molar-refractivity contribution is -0.115. The number of anilines is 1. The lowest BCUT2D eigenvalue weighted by Crippen LogP contribution is -2.24. The largest absolute Gasteiger partial charge is 0.325 e. The van der Waals surface area contributed by atoms with Gasteiger partial charge in [-0.1, -0.05) is 49.0 Å². The molecule has 2 aromatic carbocycles. The number of fused-ring (bicyclic) bond motifs is 1. The Morgan fingerprint density at radius 3 is 2.44 bits per heavy atom. The molecule has 0 bridgehead atoms. The maximum Gasteiger partial charge on any atom is 0.237 e. The van der Waals surface area contributed by atoms with Gasteiger partial charge in [0.1, 0.15) is 16.2 Å². The molecule has 4 rings (SSSR count). The molecule has 1 atom stereocenters. The van der Waals surface area contributed by atoms with Gasteiger partial charge in [0.05, 0.1) is 10.6 Å². The molecule has 2 aromatic heterocycles. The summed E-state index contributed by atoms with van der Waals surface area (Å²) in [6, 6.07) is 17.2. The summed E-state index contributed by atoms with van der Waals surface area (Å²) in [4.78, 5) is 35.6. The maximum absolute atomic E-state index is 13.0. The Bertz CT molecular complexity index is 1270. The fourth-order valence-corrected chi connectivity index (χ4v) is 5.63. The fourth-order valence-electron chi connectivity index (χ4n) is 3.53. The first-order valence-electron chi connectivity index (χ1n) is 10.4. The van der Waals surface area contributed by atoms with Crippen molar-refractivity contribution in [2.45, 2.75) is 37.5 Å². The van der Waals surface area contributed by atoms with Crippen molar-refractivity contribution in [3.05, 3.63) is 71.4 Å². The van der Waals surface area contributed by atoms with Crippen LogP contribution in [0.15, 0.2) is 66.0 Å². The van der Waals surface area contributed by atoms with Crippen LogP contribution < -0.4 is 5.32 Å². The van der Waals surface area contributed by atoms with Crippen molar-refractivity contribution in [2.75, 3.05) is 5.32 Å². The van der Waals surface area contributed by atoms with Gasteiger partial charge in [0.2, 0.25) is 5.91 Å². The molecule has 162 valence electrons. The van der Waals surface area contributed by atoms with Gasteiger partial charge in [0, 0.05) is 21.7 Å². The molecular formula is C25H23N3O2S2. The van der Waals surface area contributed by atoms with Gasteiger partial charge in [0.15, 0.2) is 5.78 Å². The molecule has 0 spiro atoms. The summed E-state index contributed by atoms with van der Waals surface area (Å²) >= 11 is 3.11. The molecule has 0 aliphatic rings. The van der Waals surface area contributed by atoms with E-state index in [4.69, 9.17) is 0 Å². The minimum atomic E-state index is -0.315. The molecule has 0 saturated carbocycles. The zero-order chi connectivity index (χ0) is 22.7. The number of hydrogen-bond acceptors (Lipinski definition) is 6. The highest BCUT2D eigenvalue weighted by atomic mass is 32.2. The van der Waals surface area contributed by atoms with E-state index in [0.29, 0.717) is 17.7 Å². The predicted molar refractivity (Wildman–Crippen MR) is 133 cm³/mol. The second-order valence-electron chi connectivity index (χ2n) is 7.40. The molecule has 0 aliphatic carbocycles. The Morgan fingerprint density at radius 1 is 1.06 bits per heavy atom. The molecule has 1 unspecified atom stereocenters. The number of nitrogens with one attached hydrogen (secondary N) is 1. The van der Waals surface area contributed by atoms with Crippen molar-refractivity contribution < 1.29 is 9.59 Å². The normalized spacial score (nSPS) is 12.0. The van der Waals surface area contributed by atoms with E-state index in [9.17, 15) is 9.59 Å². The number of carbonyl (C=O) groups is 2. The van der Waals surface area contributed by atoms with Gasteiger partial charge in [0.25, 0.3) is 0 Å². The number of nitrogens with zero attached hydrogens (tertiary/aromatic N) is 2. The molecule has 7 heteroatoms. The molecule has 0 fully saturated rings. The minimum Gasteiger partial charge on any atom is -0.325 e. The summed E-state index contributed by atoms with van der Waals surface area (Å²) in [7, 11) is 0. The first kappa shape index (κ1) is 22.2. The van der Waals surface area contributed by atoms with E-state index in [0.717, 1.165) is 26.4 Å². The summed E-state index contributed by atoms with van der Waals surface area (Å²) in [6.45, 7) is 5.61. The van der Waals surface area contributed by atoms with Gasteiger partial charge in [-0.05, 0) is 50.1 Å². The van der Waals surface area contributed by atoms with E-state index in [2.05, 4.69) is 34.3 Å². The zero-order valence-corrected chi connectivity index (χ0v) is 19.7. The van der Waals surface area contributed by atoms with Crippen LogP contribution in [0.5, 0.6) is 0 Å². The Balaban J connectivity index is 1.62. The number of amides is 1. The lowest BCUT2D eigenvalue weighted by atomic mass is 10.0. The number of thioether (sulfide) groups is 1. The second kappa shape index (κ2) is 9.63. The number of aryl methyl sites for hydroxylation is 1. The number of hydrogen-bond donors (Lipinski definition) is 1. The highest BCUT2D eigenvalue weighted by Crippen LogP contribution is 2.42. The first-order valence-corrected chi connectivity index (χ1v) is 12.1. The third kappa shape index (κ3) is 4.59. The Morgan fingerprint density at radius 2 is 1.78 bits per heavy atom. The molecule has 1 N–H and O–H groups in total. The van der Waals surface area contributed by atoms with Crippen LogP contribution in [-0.2, 0) is 4.79 Å². The van der Waals surface area contributed by atoms with Crippen LogP contribution in [0.4, 0.5) is 5.69 Å². The molecule has 32 heavy (non-hydrogen) atoms. The minimum absolute atomic E-state index is 0.00192. The van der Waals surface area contributed by atoms with Gasteiger partial charge < -0.3 is 5.32 Å². The maximum atomic E-state index is 13.0. The van der Waals surface area contributed by atoms with E-state index in [-0.39, 0.29) is 16.9 Å². The molecule has 1 amide bonds. The van der Waals surface area contributed by atoms with Crippen LogP contribution in [0.3, 0.4) is 0 Å². The van der Waals surface area contributed by atoms with E-state index < -0.39 is 0 Å². The molecule has 4 aromatic rings. The van der Waals surface area contributed by atoms with Crippen molar-refractivity contribution in [3.8, 4) is 11.1 Å². The Kier molecular flexibility index (Phi) is 6.67. The number of Topliss-reactive ketones (excluding diaryl/α,β-unsaturated/α-hetero) is 1. The Labute approximate surface area is 195 Å². The quantitative estimate of drug-likeness (QED) is 0.196. The zero-order valence-electron chi connectivity index (χ0n) is 18.1. The van der Waals surface area contributed by atoms with E-state index in [1.807, 2.05) is 25.1 Å². The molecule has 0 saturated heterocycles. The SMILES string of the molecule is CCC(Sc1ncnc2sc(C)c(-c3ccccc3)c12)C(=O)Nc1ccc(C(C)=O)cc1. The summed E-state index contributed by atoms with van der Waals surface area (Å²) in [6.07, 6.45) is 2.22. The fraction of sp³-hybridized carbons (Fsp3) is 0.200. The van der Waals surface area contributed by atoms with Gasteiger partial charge in [-0.2, -0.15) is 0 Å². The average Bonchev–Trinajstić information content (AvgIpc) is 3.14.